The quantitative estimate of drug-likeness (QED) is 0.836. The van der Waals surface area contributed by atoms with Crippen LogP contribution in [0.2, 0.25) is 0 Å². The number of hydrogen-bond donors (Lipinski definition) is 1. The number of alkyl halides is 3. The normalized spacial score (nSPS) is 17.4. The molecule has 1 fully saturated rings. The molecule has 0 aliphatic carbocycles. The van der Waals surface area contributed by atoms with E-state index in [2.05, 4.69) is 10.2 Å². The second-order valence-corrected chi connectivity index (χ2v) is 5.27. The molecule has 1 aliphatic rings. The number of halogens is 3. The van der Waals surface area contributed by atoms with Gasteiger partial charge in [0.1, 0.15) is 0 Å². The van der Waals surface area contributed by atoms with E-state index >= 15 is 0 Å². The molecule has 2 nitrogen and oxygen atoms in total. The van der Waals surface area contributed by atoms with Crippen molar-refractivity contribution < 1.29 is 13.2 Å². The lowest BCUT2D eigenvalue weighted by atomic mass is 10.1. The van der Waals surface area contributed by atoms with E-state index in [0.29, 0.717) is 6.54 Å². The second kappa shape index (κ2) is 7.09. The average Bonchev–Trinajstić information content (AvgIpc) is 2.44. The van der Waals surface area contributed by atoms with Crippen molar-refractivity contribution in [2.45, 2.75) is 32.0 Å². The van der Waals surface area contributed by atoms with E-state index in [-0.39, 0.29) is 0 Å². The first-order valence-corrected chi connectivity index (χ1v) is 7.15. The number of nitrogens with one attached hydrogen (secondary N) is 1. The van der Waals surface area contributed by atoms with Crippen LogP contribution in [0.3, 0.4) is 0 Å². The van der Waals surface area contributed by atoms with Gasteiger partial charge in [-0.25, -0.2) is 0 Å². The third kappa shape index (κ3) is 4.80. The van der Waals surface area contributed by atoms with Gasteiger partial charge >= 0.3 is 6.18 Å². The lowest BCUT2D eigenvalue weighted by molar-refractivity contribution is -0.137. The fraction of sp³-hybridized carbons (Fsp3) is 0.600. The first-order valence-electron chi connectivity index (χ1n) is 7.15. The Hall–Kier alpha value is -1.07. The molecule has 0 radical (unpaired) electrons. The number of nitrogens with zero attached hydrogens (tertiary/aromatic N) is 1. The summed E-state index contributed by atoms with van der Waals surface area (Å²) in [5, 5.41) is 3.28. The minimum Gasteiger partial charge on any atom is -0.311 e. The van der Waals surface area contributed by atoms with Gasteiger partial charge in [-0.15, -0.1) is 0 Å². The smallest absolute Gasteiger partial charge is 0.311 e. The van der Waals surface area contributed by atoms with Crippen molar-refractivity contribution in [2.75, 3.05) is 26.2 Å². The van der Waals surface area contributed by atoms with Gasteiger partial charge in [0.2, 0.25) is 0 Å². The van der Waals surface area contributed by atoms with Crippen molar-refractivity contribution in [3.63, 3.8) is 0 Å². The van der Waals surface area contributed by atoms with Crippen molar-refractivity contribution >= 4 is 0 Å². The molecule has 0 saturated carbocycles. The maximum absolute atomic E-state index is 12.4. The Morgan fingerprint density at radius 2 is 1.65 bits per heavy atom. The van der Waals surface area contributed by atoms with Gasteiger partial charge in [0, 0.05) is 19.6 Å². The number of likely N-dealkylation sites (tertiary alicyclic amines) is 1. The van der Waals surface area contributed by atoms with E-state index < -0.39 is 11.7 Å². The predicted molar refractivity (Wildman–Crippen MR) is 73.4 cm³/mol. The van der Waals surface area contributed by atoms with E-state index in [1.165, 1.54) is 44.5 Å². The molecule has 1 aromatic carbocycles. The Morgan fingerprint density at radius 3 is 2.25 bits per heavy atom. The monoisotopic (exact) mass is 286 g/mol. The van der Waals surface area contributed by atoms with Gasteiger partial charge in [-0.05, 0) is 43.6 Å². The van der Waals surface area contributed by atoms with Crippen LogP contribution in [-0.4, -0.2) is 31.1 Å². The lowest BCUT2D eigenvalue weighted by Crippen LogP contribution is -2.35. The lowest BCUT2D eigenvalue weighted by Gasteiger charge is -2.26. The van der Waals surface area contributed by atoms with Crippen molar-refractivity contribution in [1.29, 1.82) is 0 Å². The predicted octanol–water partition coefficient (Wildman–Crippen LogP) is 3.28. The molecular formula is C15H21F3N2. The Balaban J connectivity index is 1.68. The van der Waals surface area contributed by atoms with Crippen molar-refractivity contribution in [3.05, 3.63) is 35.4 Å². The van der Waals surface area contributed by atoms with Gasteiger partial charge < -0.3 is 10.2 Å². The third-order valence-corrected chi connectivity index (χ3v) is 3.66. The summed E-state index contributed by atoms with van der Waals surface area (Å²) in [6.07, 6.45) is -0.368. The van der Waals surface area contributed by atoms with Gasteiger partial charge in [-0.1, -0.05) is 18.6 Å². The summed E-state index contributed by atoms with van der Waals surface area (Å²) in [4.78, 5) is 2.43. The van der Waals surface area contributed by atoms with Crippen LogP contribution < -0.4 is 5.32 Å². The van der Waals surface area contributed by atoms with Gasteiger partial charge in [-0.2, -0.15) is 13.2 Å². The zero-order valence-electron chi connectivity index (χ0n) is 11.5. The minimum absolute atomic E-state index is 0.588. The van der Waals surface area contributed by atoms with Crippen LogP contribution in [0.15, 0.2) is 24.3 Å². The molecule has 0 unspecified atom stereocenters. The van der Waals surface area contributed by atoms with Gasteiger partial charge in [0.15, 0.2) is 0 Å². The number of piperidine rings is 1. The Kier molecular flexibility index (Phi) is 5.43. The van der Waals surface area contributed by atoms with Crippen LogP contribution in [0.4, 0.5) is 13.2 Å². The summed E-state index contributed by atoms with van der Waals surface area (Å²) in [7, 11) is 0. The summed E-state index contributed by atoms with van der Waals surface area (Å²) < 4.78 is 37.2. The Morgan fingerprint density at radius 1 is 1.00 bits per heavy atom. The highest BCUT2D eigenvalue weighted by molar-refractivity contribution is 5.24. The number of rotatable bonds is 5. The molecular weight excluding hydrogens is 265 g/mol. The number of hydrogen-bond acceptors (Lipinski definition) is 2. The maximum atomic E-state index is 12.4. The summed E-state index contributed by atoms with van der Waals surface area (Å²) >= 11 is 0. The zero-order chi connectivity index (χ0) is 14.4. The summed E-state index contributed by atoms with van der Waals surface area (Å²) in [5.41, 5.74) is 0.297. The van der Waals surface area contributed by atoms with Crippen molar-refractivity contribution in [1.82, 2.24) is 10.2 Å². The highest BCUT2D eigenvalue weighted by Crippen LogP contribution is 2.28. The van der Waals surface area contributed by atoms with E-state index in [0.717, 1.165) is 30.8 Å². The Labute approximate surface area is 118 Å². The molecule has 0 amide bonds. The molecule has 1 aliphatic heterocycles. The zero-order valence-corrected chi connectivity index (χ0v) is 11.5. The molecule has 5 heteroatoms. The fourth-order valence-corrected chi connectivity index (χ4v) is 2.46. The molecule has 20 heavy (non-hydrogen) atoms. The largest absolute Gasteiger partial charge is 0.416 e. The molecule has 0 bridgehead atoms. The highest BCUT2D eigenvalue weighted by Gasteiger charge is 2.29. The molecule has 0 spiro atoms. The van der Waals surface area contributed by atoms with Crippen LogP contribution in [0.1, 0.15) is 30.4 Å². The molecule has 2 rings (SSSR count). The molecule has 112 valence electrons. The van der Waals surface area contributed by atoms with Crippen molar-refractivity contribution in [3.8, 4) is 0 Å². The third-order valence-electron chi connectivity index (χ3n) is 3.66. The molecule has 1 aromatic rings. The van der Waals surface area contributed by atoms with Crippen LogP contribution in [-0.2, 0) is 12.7 Å². The summed E-state index contributed by atoms with van der Waals surface area (Å²) in [6, 6.07) is 5.36. The second-order valence-electron chi connectivity index (χ2n) is 5.27. The van der Waals surface area contributed by atoms with Crippen LogP contribution in [0, 0.1) is 0 Å². The van der Waals surface area contributed by atoms with Gasteiger partial charge in [-0.3, -0.25) is 0 Å². The first-order chi connectivity index (χ1) is 9.55. The van der Waals surface area contributed by atoms with Gasteiger partial charge in [0.05, 0.1) is 5.56 Å². The van der Waals surface area contributed by atoms with Crippen LogP contribution in [0.25, 0.3) is 0 Å². The van der Waals surface area contributed by atoms with E-state index in [9.17, 15) is 13.2 Å². The molecule has 1 saturated heterocycles. The van der Waals surface area contributed by atoms with E-state index in [1.54, 1.807) is 0 Å². The maximum Gasteiger partial charge on any atom is 0.416 e. The van der Waals surface area contributed by atoms with Crippen LogP contribution >= 0.6 is 0 Å². The Bertz CT molecular complexity index is 395. The topological polar surface area (TPSA) is 15.3 Å². The molecule has 1 N–H and O–H groups in total. The minimum atomic E-state index is -4.25. The van der Waals surface area contributed by atoms with Gasteiger partial charge in [0.25, 0.3) is 0 Å². The van der Waals surface area contributed by atoms with E-state index in [1.807, 2.05) is 0 Å². The summed E-state index contributed by atoms with van der Waals surface area (Å²) in [5.74, 6) is 0. The highest BCUT2D eigenvalue weighted by atomic mass is 19.4. The average molecular weight is 286 g/mol. The SMILES string of the molecule is FC(F)(F)c1ccc(CNCCN2CCCCC2)cc1. The summed E-state index contributed by atoms with van der Waals surface area (Å²) in [6.45, 7) is 4.84. The van der Waals surface area contributed by atoms with E-state index in [4.69, 9.17) is 0 Å². The first kappa shape index (κ1) is 15.3. The number of benzene rings is 1. The molecule has 1 heterocycles. The van der Waals surface area contributed by atoms with Crippen LogP contribution in [0.5, 0.6) is 0 Å². The molecule has 0 atom stereocenters. The molecule has 0 aromatic heterocycles. The standard InChI is InChI=1S/C15H21F3N2/c16-15(17,18)14-6-4-13(5-7-14)12-19-8-11-20-9-2-1-3-10-20/h4-7,19H,1-3,8-12H2. The van der Waals surface area contributed by atoms with Crippen molar-refractivity contribution in [2.24, 2.45) is 0 Å². The fourth-order valence-electron chi connectivity index (χ4n) is 2.46.